The van der Waals surface area contributed by atoms with Crippen LogP contribution >= 0.6 is 0 Å². The molecule has 0 heterocycles. The van der Waals surface area contributed by atoms with Crippen molar-refractivity contribution in [1.82, 2.24) is 0 Å². The molecule has 0 saturated heterocycles. The number of benzene rings is 2. The van der Waals surface area contributed by atoms with Gasteiger partial charge in [-0.3, -0.25) is 0 Å². The molecule has 2 aromatic carbocycles. The van der Waals surface area contributed by atoms with Gasteiger partial charge < -0.3 is 13.7 Å². The number of aryl methyl sites for hydroxylation is 1. The van der Waals surface area contributed by atoms with Crippen LogP contribution in [0.1, 0.15) is 5.56 Å². The first-order valence-corrected chi connectivity index (χ1v) is 8.26. The SMILES string of the molecule is COCCOc1ccc(S(=O)(=O)Oc2ccccc2F)cc1C. The fraction of sp³-hybridized carbons (Fsp3) is 0.250. The van der Waals surface area contributed by atoms with E-state index in [1.165, 1.54) is 36.4 Å². The molecule has 0 aliphatic heterocycles. The third-order valence-electron chi connectivity index (χ3n) is 3.02. The van der Waals surface area contributed by atoms with E-state index in [1.54, 1.807) is 14.0 Å². The molecule has 2 rings (SSSR count). The lowest BCUT2D eigenvalue weighted by molar-refractivity contribution is 0.146. The first kappa shape index (κ1) is 17.2. The third kappa shape index (κ3) is 4.43. The molecule has 7 heteroatoms. The quantitative estimate of drug-likeness (QED) is 0.573. The Kier molecular flexibility index (Phi) is 5.57. The minimum atomic E-state index is -4.12. The van der Waals surface area contributed by atoms with Gasteiger partial charge in [0, 0.05) is 7.11 Å². The Bertz CT molecular complexity index is 774. The molecule has 124 valence electrons. The molecular formula is C16H17FO5S. The van der Waals surface area contributed by atoms with E-state index < -0.39 is 15.9 Å². The summed E-state index contributed by atoms with van der Waals surface area (Å²) in [5.74, 6) is -0.537. The van der Waals surface area contributed by atoms with Crippen molar-refractivity contribution in [2.24, 2.45) is 0 Å². The standard InChI is InChI=1S/C16H17FO5S/c1-12-11-13(7-8-15(12)21-10-9-20-2)23(18,19)22-16-6-4-3-5-14(16)17/h3-8,11H,9-10H2,1-2H3. The molecule has 0 fully saturated rings. The zero-order valence-electron chi connectivity index (χ0n) is 12.8. The van der Waals surface area contributed by atoms with E-state index in [0.29, 0.717) is 24.5 Å². The highest BCUT2D eigenvalue weighted by Crippen LogP contribution is 2.25. The van der Waals surface area contributed by atoms with Gasteiger partial charge in [-0.15, -0.1) is 0 Å². The monoisotopic (exact) mass is 340 g/mol. The summed E-state index contributed by atoms with van der Waals surface area (Å²) in [6, 6.07) is 9.62. The number of rotatable bonds is 7. The molecule has 0 atom stereocenters. The zero-order chi connectivity index (χ0) is 16.9. The van der Waals surface area contributed by atoms with Crippen LogP contribution in [0.2, 0.25) is 0 Å². The van der Waals surface area contributed by atoms with Crippen molar-refractivity contribution >= 4 is 10.1 Å². The van der Waals surface area contributed by atoms with Gasteiger partial charge in [-0.05, 0) is 42.8 Å². The second-order valence-electron chi connectivity index (χ2n) is 4.74. The lowest BCUT2D eigenvalue weighted by atomic mass is 10.2. The Morgan fingerprint density at radius 2 is 1.78 bits per heavy atom. The highest BCUT2D eigenvalue weighted by Gasteiger charge is 2.19. The minimum absolute atomic E-state index is 0.0719. The minimum Gasteiger partial charge on any atom is -0.491 e. The molecule has 0 amide bonds. The van der Waals surface area contributed by atoms with Crippen LogP contribution in [0.5, 0.6) is 11.5 Å². The van der Waals surface area contributed by atoms with E-state index in [4.69, 9.17) is 13.7 Å². The molecule has 0 radical (unpaired) electrons. The van der Waals surface area contributed by atoms with Crippen molar-refractivity contribution in [3.8, 4) is 11.5 Å². The number of hydrogen-bond donors (Lipinski definition) is 0. The second kappa shape index (κ2) is 7.43. The summed E-state index contributed by atoms with van der Waals surface area (Å²) in [6.45, 7) is 2.50. The molecule has 0 aliphatic carbocycles. The van der Waals surface area contributed by atoms with E-state index in [9.17, 15) is 12.8 Å². The van der Waals surface area contributed by atoms with Gasteiger partial charge in [0.2, 0.25) is 0 Å². The number of ether oxygens (including phenoxy) is 2. The summed E-state index contributed by atoms with van der Waals surface area (Å²) in [4.78, 5) is -0.0719. The van der Waals surface area contributed by atoms with Crippen LogP contribution in [0.4, 0.5) is 4.39 Å². The van der Waals surface area contributed by atoms with Crippen LogP contribution in [-0.4, -0.2) is 28.7 Å². The molecule has 23 heavy (non-hydrogen) atoms. The Morgan fingerprint density at radius 3 is 2.43 bits per heavy atom. The topological polar surface area (TPSA) is 61.8 Å². The molecule has 0 unspecified atom stereocenters. The van der Waals surface area contributed by atoms with Gasteiger partial charge >= 0.3 is 10.1 Å². The van der Waals surface area contributed by atoms with E-state index in [-0.39, 0.29) is 10.6 Å². The van der Waals surface area contributed by atoms with E-state index in [2.05, 4.69) is 0 Å². The lowest BCUT2D eigenvalue weighted by Crippen LogP contribution is -2.11. The first-order valence-electron chi connectivity index (χ1n) is 6.85. The van der Waals surface area contributed by atoms with Gasteiger partial charge in [0.05, 0.1) is 6.61 Å². The fourth-order valence-corrected chi connectivity index (χ4v) is 2.88. The van der Waals surface area contributed by atoms with E-state index in [0.717, 1.165) is 6.07 Å². The van der Waals surface area contributed by atoms with Crippen LogP contribution in [0.3, 0.4) is 0 Å². The van der Waals surface area contributed by atoms with Gasteiger partial charge in [-0.25, -0.2) is 4.39 Å². The lowest BCUT2D eigenvalue weighted by Gasteiger charge is -2.11. The van der Waals surface area contributed by atoms with Crippen molar-refractivity contribution in [3.05, 3.63) is 53.8 Å². The molecule has 0 bridgehead atoms. The average Bonchev–Trinajstić information content (AvgIpc) is 2.51. The van der Waals surface area contributed by atoms with Crippen molar-refractivity contribution in [2.45, 2.75) is 11.8 Å². The van der Waals surface area contributed by atoms with Crippen LogP contribution in [0, 0.1) is 12.7 Å². The fourth-order valence-electron chi connectivity index (χ4n) is 1.85. The molecule has 0 aromatic heterocycles. The summed E-state index contributed by atoms with van der Waals surface area (Å²) in [5.41, 5.74) is 0.624. The molecule has 0 aliphatic rings. The summed E-state index contributed by atoms with van der Waals surface area (Å²) >= 11 is 0. The Morgan fingerprint density at radius 1 is 1.04 bits per heavy atom. The largest absolute Gasteiger partial charge is 0.491 e. The molecule has 0 N–H and O–H groups in total. The van der Waals surface area contributed by atoms with Gasteiger partial charge in [0.1, 0.15) is 17.3 Å². The predicted molar refractivity (Wildman–Crippen MR) is 82.8 cm³/mol. The summed E-state index contributed by atoms with van der Waals surface area (Å²) in [6.07, 6.45) is 0. The van der Waals surface area contributed by atoms with Gasteiger partial charge in [-0.1, -0.05) is 12.1 Å². The second-order valence-corrected chi connectivity index (χ2v) is 6.28. The Balaban J connectivity index is 2.20. The van der Waals surface area contributed by atoms with Gasteiger partial charge in [-0.2, -0.15) is 8.42 Å². The van der Waals surface area contributed by atoms with Gasteiger partial charge in [0.15, 0.2) is 11.6 Å². The van der Waals surface area contributed by atoms with Crippen LogP contribution < -0.4 is 8.92 Å². The summed E-state index contributed by atoms with van der Waals surface area (Å²) < 4.78 is 53.2. The highest BCUT2D eigenvalue weighted by atomic mass is 32.2. The van der Waals surface area contributed by atoms with Crippen molar-refractivity contribution in [3.63, 3.8) is 0 Å². The molecule has 0 spiro atoms. The maximum Gasteiger partial charge on any atom is 0.339 e. The third-order valence-corrected chi connectivity index (χ3v) is 4.25. The molecule has 5 nitrogen and oxygen atoms in total. The van der Waals surface area contributed by atoms with Crippen LogP contribution in [0.25, 0.3) is 0 Å². The highest BCUT2D eigenvalue weighted by molar-refractivity contribution is 7.87. The van der Waals surface area contributed by atoms with Crippen molar-refractivity contribution < 1.29 is 26.5 Å². The van der Waals surface area contributed by atoms with Crippen LogP contribution in [0.15, 0.2) is 47.4 Å². The van der Waals surface area contributed by atoms with Crippen molar-refractivity contribution in [2.75, 3.05) is 20.3 Å². The van der Waals surface area contributed by atoms with E-state index in [1.807, 2.05) is 0 Å². The number of halogens is 1. The first-order chi connectivity index (χ1) is 10.9. The molecule has 0 saturated carbocycles. The van der Waals surface area contributed by atoms with E-state index >= 15 is 0 Å². The summed E-state index contributed by atoms with van der Waals surface area (Å²) in [7, 11) is -2.56. The number of para-hydroxylation sites is 1. The average molecular weight is 340 g/mol. The zero-order valence-corrected chi connectivity index (χ0v) is 13.6. The molecule has 2 aromatic rings. The predicted octanol–water partition coefficient (Wildman–Crippen LogP) is 2.93. The smallest absolute Gasteiger partial charge is 0.339 e. The Hall–Kier alpha value is -2.12. The number of hydrogen-bond acceptors (Lipinski definition) is 5. The maximum atomic E-state index is 13.5. The maximum absolute atomic E-state index is 13.5. The molecular weight excluding hydrogens is 323 g/mol. The number of methoxy groups -OCH3 is 1. The summed E-state index contributed by atoms with van der Waals surface area (Å²) in [5, 5.41) is 0. The van der Waals surface area contributed by atoms with Crippen LogP contribution in [-0.2, 0) is 14.9 Å². The van der Waals surface area contributed by atoms with Gasteiger partial charge in [0.25, 0.3) is 0 Å². The normalized spacial score (nSPS) is 11.3. The Labute approximate surface area is 134 Å². The van der Waals surface area contributed by atoms with Crippen molar-refractivity contribution in [1.29, 1.82) is 0 Å².